The Hall–Kier alpha value is -0.633. The van der Waals surface area contributed by atoms with Crippen LogP contribution in [0, 0.1) is 0 Å². The van der Waals surface area contributed by atoms with Crippen LogP contribution in [0.1, 0.15) is 27.2 Å². The van der Waals surface area contributed by atoms with Gasteiger partial charge in [0, 0.05) is 59.6 Å². The van der Waals surface area contributed by atoms with Crippen LogP contribution in [-0.4, -0.2) is 78.1 Å². The summed E-state index contributed by atoms with van der Waals surface area (Å²) in [6, 6.07) is 0.826. The van der Waals surface area contributed by atoms with E-state index in [-0.39, 0.29) is 0 Å². The predicted octanol–water partition coefficient (Wildman–Crippen LogP) is 1.66. The van der Waals surface area contributed by atoms with E-state index in [1.807, 2.05) is 20.8 Å². The summed E-state index contributed by atoms with van der Waals surface area (Å²) in [7, 11) is 1.67. The Labute approximate surface area is 130 Å². The molecular formula is C14H31N3O3Si. The molecule has 1 aliphatic rings. The van der Waals surface area contributed by atoms with Crippen LogP contribution in [0.4, 0.5) is 0 Å². The fraction of sp³-hybridized carbons (Fsp3) is 0.929. The fourth-order valence-electron chi connectivity index (χ4n) is 2.51. The van der Waals surface area contributed by atoms with E-state index >= 15 is 0 Å². The van der Waals surface area contributed by atoms with Gasteiger partial charge in [-0.1, -0.05) is 0 Å². The Morgan fingerprint density at radius 1 is 0.952 bits per heavy atom. The van der Waals surface area contributed by atoms with Crippen molar-refractivity contribution in [1.29, 1.82) is 0 Å². The Kier molecular flexibility index (Phi) is 8.24. The van der Waals surface area contributed by atoms with Crippen LogP contribution in [0.5, 0.6) is 0 Å². The Bertz CT molecular complexity index is 300. The molecule has 1 fully saturated rings. The van der Waals surface area contributed by atoms with Crippen molar-refractivity contribution >= 4 is 14.8 Å². The number of hydrogen-bond acceptors (Lipinski definition) is 4. The molecule has 0 unspecified atom stereocenters. The number of guanidine groups is 1. The van der Waals surface area contributed by atoms with Crippen LogP contribution in [-0.2, 0) is 13.3 Å². The average molecular weight is 318 g/mol. The zero-order chi connectivity index (χ0) is 15.7. The molecule has 0 saturated carbocycles. The van der Waals surface area contributed by atoms with Gasteiger partial charge >= 0.3 is 8.80 Å². The highest BCUT2D eigenvalue weighted by molar-refractivity contribution is 6.60. The molecule has 0 aromatic heterocycles. The fourth-order valence-corrected chi connectivity index (χ4v) is 5.10. The van der Waals surface area contributed by atoms with Crippen molar-refractivity contribution in [2.45, 2.75) is 33.2 Å². The molecule has 1 heterocycles. The minimum absolute atomic E-state index is 0.631. The Balaban J connectivity index is 2.50. The number of hydrogen-bond donors (Lipinski definition) is 0. The van der Waals surface area contributed by atoms with Gasteiger partial charge in [0.05, 0.1) is 0 Å². The highest BCUT2D eigenvalue weighted by Crippen LogP contribution is 2.18. The molecule has 0 N–H and O–H groups in total. The zero-order valence-electron chi connectivity index (χ0n) is 14.2. The molecular weight excluding hydrogens is 286 g/mol. The monoisotopic (exact) mass is 317 g/mol. The van der Waals surface area contributed by atoms with Gasteiger partial charge in [-0.05, 0) is 27.2 Å². The molecule has 0 aliphatic carbocycles. The number of aliphatic imine (C=N–C) groups is 1. The molecule has 0 spiro atoms. The van der Waals surface area contributed by atoms with Gasteiger partial charge in [-0.2, -0.15) is 0 Å². The summed E-state index contributed by atoms with van der Waals surface area (Å²) in [5.74, 6) is 1.08. The SMILES string of the molecule is CCO[Si](CCCN=C1N(C)CCN1C)(OCC)OCC. The molecule has 0 amide bonds. The van der Waals surface area contributed by atoms with E-state index in [0.29, 0.717) is 19.8 Å². The highest BCUT2D eigenvalue weighted by Gasteiger charge is 2.39. The summed E-state index contributed by atoms with van der Waals surface area (Å²) >= 11 is 0. The van der Waals surface area contributed by atoms with E-state index in [2.05, 4.69) is 23.9 Å². The average Bonchev–Trinajstić information content (AvgIpc) is 2.76. The van der Waals surface area contributed by atoms with Crippen molar-refractivity contribution in [1.82, 2.24) is 9.80 Å². The molecule has 0 radical (unpaired) electrons. The van der Waals surface area contributed by atoms with Gasteiger partial charge in [0.2, 0.25) is 0 Å². The maximum Gasteiger partial charge on any atom is 0.500 e. The summed E-state index contributed by atoms with van der Waals surface area (Å²) in [6.07, 6.45) is 0.928. The normalized spacial score (nSPS) is 16.0. The summed E-state index contributed by atoms with van der Waals surface area (Å²) in [6.45, 7) is 10.7. The van der Waals surface area contributed by atoms with Crippen molar-refractivity contribution < 1.29 is 13.3 Å². The lowest BCUT2D eigenvalue weighted by Gasteiger charge is -2.28. The Morgan fingerprint density at radius 3 is 1.86 bits per heavy atom. The van der Waals surface area contributed by atoms with Crippen LogP contribution >= 0.6 is 0 Å². The lowest BCUT2D eigenvalue weighted by molar-refractivity contribution is 0.0710. The summed E-state index contributed by atoms with van der Waals surface area (Å²) in [5.41, 5.74) is 0. The molecule has 0 aromatic rings. The van der Waals surface area contributed by atoms with Crippen LogP contribution in [0.15, 0.2) is 4.99 Å². The zero-order valence-corrected chi connectivity index (χ0v) is 15.2. The predicted molar refractivity (Wildman–Crippen MR) is 87.6 cm³/mol. The van der Waals surface area contributed by atoms with Gasteiger partial charge in [-0.25, -0.2) is 0 Å². The third-order valence-electron chi connectivity index (χ3n) is 3.44. The molecule has 6 nitrogen and oxygen atoms in total. The first kappa shape index (κ1) is 18.4. The first-order chi connectivity index (χ1) is 10.1. The molecule has 21 heavy (non-hydrogen) atoms. The molecule has 124 valence electrons. The molecule has 1 aliphatic heterocycles. The van der Waals surface area contributed by atoms with Crippen LogP contribution in [0.25, 0.3) is 0 Å². The summed E-state index contributed by atoms with van der Waals surface area (Å²) in [4.78, 5) is 9.08. The summed E-state index contributed by atoms with van der Waals surface area (Å²) in [5, 5.41) is 0. The maximum absolute atomic E-state index is 5.85. The van der Waals surface area contributed by atoms with Crippen molar-refractivity contribution in [2.24, 2.45) is 4.99 Å². The lowest BCUT2D eigenvalue weighted by atomic mass is 10.5. The highest BCUT2D eigenvalue weighted by atomic mass is 28.4. The largest absolute Gasteiger partial charge is 0.500 e. The molecule has 0 atom stereocenters. The quantitative estimate of drug-likeness (QED) is 0.453. The number of nitrogens with zero attached hydrogens (tertiary/aromatic N) is 3. The van der Waals surface area contributed by atoms with Gasteiger partial charge in [-0.3, -0.25) is 4.99 Å². The molecule has 1 saturated heterocycles. The van der Waals surface area contributed by atoms with E-state index in [0.717, 1.165) is 38.1 Å². The first-order valence-electron chi connectivity index (χ1n) is 7.97. The van der Waals surface area contributed by atoms with Crippen molar-refractivity contribution in [3.05, 3.63) is 0 Å². The van der Waals surface area contributed by atoms with Crippen LogP contribution in [0.3, 0.4) is 0 Å². The van der Waals surface area contributed by atoms with Crippen LogP contribution in [0.2, 0.25) is 6.04 Å². The van der Waals surface area contributed by atoms with Crippen LogP contribution < -0.4 is 0 Å². The van der Waals surface area contributed by atoms with E-state index in [9.17, 15) is 0 Å². The van der Waals surface area contributed by atoms with Crippen molar-refractivity contribution in [3.8, 4) is 0 Å². The van der Waals surface area contributed by atoms with E-state index in [1.165, 1.54) is 0 Å². The van der Waals surface area contributed by atoms with Gasteiger partial charge in [0.15, 0.2) is 5.96 Å². The molecule has 0 aromatic carbocycles. The third kappa shape index (κ3) is 5.58. The van der Waals surface area contributed by atoms with Gasteiger partial charge in [-0.15, -0.1) is 0 Å². The number of rotatable bonds is 10. The smallest absolute Gasteiger partial charge is 0.374 e. The third-order valence-corrected chi connectivity index (χ3v) is 6.59. The lowest BCUT2D eigenvalue weighted by Crippen LogP contribution is -2.46. The van der Waals surface area contributed by atoms with Gasteiger partial charge in [0.1, 0.15) is 0 Å². The van der Waals surface area contributed by atoms with Gasteiger partial charge in [0.25, 0.3) is 0 Å². The van der Waals surface area contributed by atoms with E-state index in [1.54, 1.807) is 0 Å². The minimum atomic E-state index is -2.50. The van der Waals surface area contributed by atoms with E-state index in [4.69, 9.17) is 18.3 Å². The molecule has 7 heteroatoms. The topological polar surface area (TPSA) is 46.5 Å². The minimum Gasteiger partial charge on any atom is -0.374 e. The second kappa shape index (κ2) is 9.40. The first-order valence-corrected chi connectivity index (χ1v) is 9.90. The van der Waals surface area contributed by atoms with Gasteiger partial charge < -0.3 is 23.1 Å². The van der Waals surface area contributed by atoms with Crippen molar-refractivity contribution in [2.75, 3.05) is 53.6 Å². The number of likely N-dealkylation sites (N-methyl/N-ethyl adjacent to an activating group) is 2. The molecule has 1 rings (SSSR count). The van der Waals surface area contributed by atoms with E-state index < -0.39 is 8.80 Å². The standard InChI is InChI=1S/C14H31N3O3Si/c1-6-18-21(19-7-2,20-8-3)13-9-10-15-14-16(4)11-12-17(14)5/h6-13H2,1-5H3. The Morgan fingerprint density at radius 2 is 1.43 bits per heavy atom. The van der Waals surface area contributed by atoms with Crippen molar-refractivity contribution in [3.63, 3.8) is 0 Å². The summed E-state index contributed by atoms with van der Waals surface area (Å²) < 4.78 is 17.5. The molecule has 0 bridgehead atoms. The maximum atomic E-state index is 5.85. The second-order valence-electron chi connectivity index (χ2n) is 5.11. The second-order valence-corrected chi connectivity index (χ2v) is 7.84.